The average molecular weight is 457 g/mol. The summed E-state index contributed by atoms with van der Waals surface area (Å²) in [6.45, 7) is 0.235. The quantitative estimate of drug-likeness (QED) is 0.349. The fourth-order valence-electron chi connectivity index (χ4n) is 3.40. The summed E-state index contributed by atoms with van der Waals surface area (Å²) in [6.07, 6.45) is 0.801. The van der Waals surface area contributed by atoms with E-state index >= 15 is 0 Å². The highest BCUT2D eigenvalue weighted by Gasteiger charge is 2.17. The fourth-order valence-corrected chi connectivity index (χ4v) is 3.97. The number of anilines is 1. The van der Waals surface area contributed by atoms with Crippen molar-refractivity contribution in [1.82, 2.24) is 5.32 Å². The lowest BCUT2D eigenvalue weighted by molar-refractivity contribution is 0.169. The minimum Gasteiger partial charge on any atom is -0.506 e. The van der Waals surface area contributed by atoms with Gasteiger partial charge in [0.1, 0.15) is 11.5 Å². The molecule has 3 rings (SSSR count). The molecule has 170 valence electrons. The molecule has 0 heterocycles. The van der Waals surface area contributed by atoms with Crippen LogP contribution in [0.4, 0.5) is 5.69 Å². The highest BCUT2D eigenvalue weighted by molar-refractivity contribution is 7.92. The Balaban J connectivity index is 1.74. The summed E-state index contributed by atoms with van der Waals surface area (Å²) in [5.74, 6) is 0.584. The van der Waals surface area contributed by atoms with Crippen molar-refractivity contribution in [3.8, 4) is 11.5 Å². The maximum atomic E-state index is 11.5. The fraction of sp³-hybridized carbons (Fsp3) is 0.250. The van der Waals surface area contributed by atoms with Gasteiger partial charge >= 0.3 is 0 Å². The van der Waals surface area contributed by atoms with Gasteiger partial charge in [-0.2, -0.15) is 0 Å². The molecule has 0 aliphatic carbocycles. The number of phenolic OH excluding ortho intramolecular Hbond substituents is 1. The normalized spacial score (nSPS) is 13.3. The lowest BCUT2D eigenvalue weighted by Gasteiger charge is -2.22. The second kappa shape index (κ2) is 10.5. The van der Waals surface area contributed by atoms with E-state index < -0.39 is 16.1 Å². The van der Waals surface area contributed by atoms with Gasteiger partial charge in [0, 0.05) is 12.6 Å². The van der Waals surface area contributed by atoms with E-state index in [4.69, 9.17) is 4.74 Å². The third-order valence-electron chi connectivity index (χ3n) is 5.06. The maximum absolute atomic E-state index is 11.5. The van der Waals surface area contributed by atoms with Crippen LogP contribution in [0.5, 0.6) is 11.5 Å². The molecule has 32 heavy (non-hydrogen) atoms. The molecular weight excluding hydrogens is 428 g/mol. The first kappa shape index (κ1) is 23.6. The molecule has 0 spiro atoms. The summed E-state index contributed by atoms with van der Waals surface area (Å²) in [6, 6.07) is 22.1. The number of aromatic hydroxyl groups is 1. The number of nitrogens with one attached hydrogen (secondary N) is 2. The smallest absolute Gasteiger partial charge is 0.229 e. The van der Waals surface area contributed by atoms with Crippen LogP contribution < -0.4 is 14.8 Å². The van der Waals surface area contributed by atoms with Crippen molar-refractivity contribution in [1.29, 1.82) is 0 Å². The van der Waals surface area contributed by atoms with Crippen molar-refractivity contribution in [2.24, 2.45) is 0 Å². The molecule has 2 atom stereocenters. The Labute approximate surface area is 188 Å². The van der Waals surface area contributed by atoms with Crippen LogP contribution in [0.15, 0.2) is 72.8 Å². The minimum atomic E-state index is -3.56. The summed E-state index contributed by atoms with van der Waals surface area (Å²) >= 11 is 0. The molecular formula is C24H28N2O5S. The largest absolute Gasteiger partial charge is 0.506 e. The predicted molar refractivity (Wildman–Crippen MR) is 125 cm³/mol. The summed E-state index contributed by atoms with van der Waals surface area (Å²) in [7, 11) is -1.93. The van der Waals surface area contributed by atoms with Gasteiger partial charge in [0.05, 0.1) is 25.2 Å². The molecule has 0 fully saturated rings. The first-order chi connectivity index (χ1) is 15.2. The van der Waals surface area contributed by atoms with Gasteiger partial charge in [-0.25, -0.2) is 8.42 Å². The van der Waals surface area contributed by atoms with Crippen LogP contribution in [0.1, 0.15) is 28.8 Å². The Kier molecular flexibility index (Phi) is 7.74. The van der Waals surface area contributed by atoms with Crippen LogP contribution in [-0.2, 0) is 16.4 Å². The van der Waals surface area contributed by atoms with E-state index in [2.05, 4.69) is 10.0 Å². The number of aliphatic hydroxyl groups excluding tert-OH is 1. The second-order valence-electron chi connectivity index (χ2n) is 7.59. The summed E-state index contributed by atoms with van der Waals surface area (Å²) in [5.41, 5.74) is 2.71. The minimum absolute atomic E-state index is 0.0295. The Morgan fingerprint density at radius 2 is 1.66 bits per heavy atom. The molecule has 0 aromatic heterocycles. The SMILES string of the molecule is COc1ccc(CC(NCC(O)c2ccc(O)c(NS(C)(=O)=O)c2)c2ccccc2)cc1. The zero-order chi connectivity index (χ0) is 23.1. The van der Waals surface area contributed by atoms with E-state index in [1.807, 2.05) is 54.6 Å². The topological polar surface area (TPSA) is 108 Å². The van der Waals surface area contributed by atoms with Crippen molar-refractivity contribution in [3.63, 3.8) is 0 Å². The lowest BCUT2D eigenvalue weighted by atomic mass is 9.98. The highest BCUT2D eigenvalue weighted by Crippen LogP contribution is 2.28. The van der Waals surface area contributed by atoms with Crippen LogP contribution >= 0.6 is 0 Å². The number of ether oxygens (including phenoxy) is 1. The van der Waals surface area contributed by atoms with Crippen LogP contribution in [0.3, 0.4) is 0 Å². The van der Waals surface area contributed by atoms with Gasteiger partial charge in [-0.15, -0.1) is 0 Å². The van der Waals surface area contributed by atoms with Crippen molar-refractivity contribution in [3.05, 3.63) is 89.5 Å². The van der Waals surface area contributed by atoms with Crippen molar-refractivity contribution in [2.45, 2.75) is 18.6 Å². The van der Waals surface area contributed by atoms with Crippen LogP contribution in [0, 0.1) is 0 Å². The number of benzene rings is 3. The maximum Gasteiger partial charge on any atom is 0.229 e. The molecule has 2 unspecified atom stereocenters. The van der Waals surface area contributed by atoms with E-state index in [1.54, 1.807) is 13.2 Å². The van der Waals surface area contributed by atoms with Crippen LogP contribution in [0.2, 0.25) is 0 Å². The molecule has 0 saturated heterocycles. The molecule has 3 aromatic carbocycles. The molecule has 0 saturated carbocycles. The van der Waals surface area contributed by atoms with Gasteiger partial charge in [0.25, 0.3) is 0 Å². The molecule has 0 aliphatic heterocycles. The Morgan fingerprint density at radius 1 is 0.969 bits per heavy atom. The van der Waals surface area contributed by atoms with Gasteiger partial charge in [0.15, 0.2) is 0 Å². The van der Waals surface area contributed by atoms with Crippen molar-refractivity contribution >= 4 is 15.7 Å². The van der Waals surface area contributed by atoms with Crippen molar-refractivity contribution in [2.75, 3.05) is 24.6 Å². The number of hydrogen-bond acceptors (Lipinski definition) is 6. The van der Waals surface area contributed by atoms with E-state index in [0.29, 0.717) is 12.0 Å². The number of methoxy groups -OCH3 is 1. The first-order valence-electron chi connectivity index (χ1n) is 10.1. The van der Waals surface area contributed by atoms with Gasteiger partial charge in [0.2, 0.25) is 10.0 Å². The molecule has 0 radical (unpaired) electrons. The van der Waals surface area contributed by atoms with Gasteiger partial charge in [-0.3, -0.25) is 4.72 Å². The number of hydrogen-bond donors (Lipinski definition) is 4. The molecule has 0 amide bonds. The van der Waals surface area contributed by atoms with E-state index in [0.717, 1.165) is 23.1 Å². The van der Waals surface area contributed by atoms with Crippen LogP contribution in [0.25, 0.3) is 0 Å². The summed E-state index contributed by atoms with van der Waals surface area (Å²) in [4.78, 5) is 0. The lowest BCUT2D eigenvalue weighted by Crippen LogP contribution is -2.28. The molecule has 4 N–H and O–H groups in total. The van der Waals surface area contributed by atoms with Gasteiger partial charge in [-0.1, -0.05) is 48.5 Å². The standard InChI is InChI=1S/C24H28N2O5S/c1-31-20-11-8-17(9-12-20)14-21(18-6-4-3-5-7-18)25-16-24(28)19-10-13-23(27)22(15-19)26-32(2,29)30/h3-13,15,21,24-28H,14,16H2,1-2H3. The number of aliphatic hydroxyl groups is 1. The van der Waals surface area contributed by atoms with Crippen molar-refractivity contribution < 1.29 is 23.4 Å². The average Bonchev–Trinajstić information content (AvgIpc) is 2.78. The Hall–Kier alpha value is -3.07. The highest BCUT2D eigenvalue weighted by atomic mass is 32.2. The molecule has 0 aliphatic rings. The third kappa shape index (κ3) is 6.71. The van der Waals surface area contributed by atoms with E-state index in [-0.39, 0.29) is 24.0 Å². The zero-order valence-electron chi connectivity index (χ0n) is 18.0. The first-order valence-corrected chi connectivity index (χ1v) is 12.0. The molecule has 0 bridgehead atoms. The number of rotatable bonds is 10. The van der Waals surface area contributed by atoms with E-state index in [9.17, 15) is 18.6 Å². The zero-order valence-corrected chi connectivity index (χ0v) is 18.8. The number of sulfonamides is 1. The Bertz CT molecular complexity index is 1120. The van der Waals surface area contributed by atoms with Gasteiger partial charge in [-0.05, 0) is 47.4 Å². The van der Waals surface area contributed by atoms with E-state index in [1.165, 1.54) is 12.1 Å². The second-order valence-corrected chi connectivity index (χ2v) is 9.34. The predicted octanol–water partition coefficient (Wildman–Crippen LogP) is 3.38. The molecule has 3 aromatic rings. The third-order valence-corrected chi connectivity index (χ3v) is 5.65. The summed E-state index contributed by atoms with van der Waals surface area (Å²) < 4.78 is 30.5. The molecule has 8 heteroatoms. The monoisotopic (exact) mass is 456 g/mol. The summed E-state index contributed by atoms with van der Waals surface area (Å²) in [5, 5.41) is 24.1. The van der Waals surface area contributed by atoms with Gasteiger partial charge < -0.3 is 20.3 Å². The Morgan fingerprint density at radius 3 is 2.28 bits per heavy atom. The molecule has 7 nitrogen and oxygen atoms in total. The number of phenols is 1. The van der Waals surface area contributed by atoms with Crippen LogP contribution in [-0.4, -0.2) is 38.5 Å².